The summed E-state index contributed by atoms with van der Waals surface area (Å²) in [4.78, 5) is 17.6. The van der Waals surface area contributed by atoms with E-state index in [9.17, 15) is 19.2 Å². The number of fused-ring (bicyclic) bond motifs is 1. The third-order valence-corrected chi connectivity index (χ3v) is 7.02. The molecule has 0 fully saturated rings. The molecule has 0 amide bonds. The van der Waals surface area contributed by atoms with Crippen molar-refractivity contribution in [1.29, 1.82) is 0 Å². The molecule has 0 aliphatic carbocycles. The Bertz CT molecular complexity index is 1530. The first-order valence-corrected chi connectivity index (χ1v) is 13.0. The van der Waals surface area contributed by atoms with Gasteiger partial charge in [0, 0.05) is 5.39 Å². The summed E-state index contributed by atoms with van der Waals surface area (Å²) < 4.78 is 24.7. The zero-order valence-electron chi connectivity index (χ0n) is 22.3. The normalized spacial score (nSPS) is 12.1. The summed E-state index contributed by atoms with van der Waals surface area (Å²) in [6.07, 6.45) is 1.12. The molecule has 0 spiro atoms. The molecule has 0 bridgehead atoms. The third kappa shape index (κ3) is 5.83. The number of ether oxygens (including phenoxy) is 1. The molecular formula is C32H28BFN2O5. The van der Waals surface area contributed by atoms with Gasteiger partial charge in [0.25, 0.3) is 0 Å². The molecule has 5 rings (SSSR count). The lowest BCUT2D eigenvalue weighted by Crippen LogP contribution is -2.53. The first-order valence-electron chi connectivity index (χ1n) is 13.0. The Morgan fingerprint density at radius 1 is 0.902 bits per heavy atom. The Kier molecular flexibility index (Phi) is 8.40. The van der Waals surface area contributed by atoms with Crippen molar-refractivity contribution in [3.8, 4) is 5.75 Å². The highest BCUT2D eigenvalue weighted by molar-refractivity contribution is 6.34. The average Bonchev–Trinajstić information content (AvgIpc) is 3.01. The molecule has 41 heavy (non-hydrogen) atoms. The van der Waals surface area contributed by atoms with E-state index < -0.39 is 30.7 Å². The molecule has 206 valence electrons. The van der Waals surface area contributed by atoms with Gasteiger partial charge in [0.05, 0.1) is 18.8 Å². The van der Waals surface area contributed by atoms with Crippen molar-refractivity contribution < 1.29 is 28.6 Å². The highest BCUT2D eigenvalue weighted by Gasteiger charge is 2.40. The molecule has 0 radical (unpaired) electrons. The minimum absolute atomic E-state index is 0.0635. The molecule has 0 saturated carbocycles. The summed E-state index contributed by atoms with van der Waals surface area (Å²) >= 11 is 0. The summed E-state index contributed by atoms with van der Waals surface area (Å²) in [6.45, 7) is 0. The van der Waals surface area contributed by atoms with E-state index in [-0.39, 0.29) is 17.7 Å². The second-order valence-electron chi connectivity index (χ2n) is 9.49. The number of benzene rings is 4. The average molecular weight is 550 g/mol. The Morgan fingerprint density at radius 2 is 1.44 bits per heavy atom. The first kappa shape index (κ1) is 28.0. The molecule has 1 heterocycles. The summed E-state index contributed by atoms with van der Waals surface area (Å²) in [5.41, 5.74) is 2.56. The molecule has 4 aromatic carbocycles. The molecule has 3 N–H and O–H groups in total. The molecule has 1 aromatic heterocycles. The number of nitrogens with one attached hydrogen (secondary N) is 1. The second-order valence-corrected chi connectivity index (χ2v) is 9.49. The molecule has 7 nitrogen and oxygen atoms in total. The van der Waals surface area contributed by atoms with E-state index in [4.69, 9.17) is 9.39 Å². The van der Waals surface area contributed by atoms with Gasteiger partial charge in [-0.1, -0.05) is 97.1 Å². The minimum Gasteiger partial charge on any atom is -0.510 e. The SMILES string of the molecule is COC(=O)[C@H](Cc1ccc(OB(O)O)c2ncc(F)cc12)NC(c1ccccc1)(c1ccccc1)c1ccccc1. The number of pyridine rings is 1. The maximum absolute atomic E-state index is 14.4. The minimum atomic E-state index is -2.08. The lowest BCUT2D eigenvalue weighted by Gasteiger charge is -2.39. The third-order valence-electron chi connectivity index (χ3n) is 7.02. The second kappa shape index (κ2) is 12.3. The van der Waals surface area contributed by atoms with Gasteiger partial charge in [-0.25, -0.2) is 9.37 Å². The van der Waals surface area contributed by atoms with Gasteiger partial charge in [0.15, 0.2) is 0 Å². The van der Waals surface area contributed by atoms with E-state index in [1.165, 1.54) is 19.2 Å². The van der Waals surface area contributed by atoms with Gasteiger partial charge in [-0.2, -0.15) is 0 Å². The van der Waals surface area contributed by atoms with Crippen molar-refractivity contribution in [3.05, 3.63) is 143 Å². The number of hydrogen-bond donors (Lipinski definition) is 3. The number of halogens is 1. The first-order chi connectivity index (χ1) is 19.9. The Labute approximate surface area is 237 Å². The highest BCUT2D eigenvalue weighted by Crippen LogP contribution is 2.38. The maximum atomic E-state index is 14.4. The van der Waals surface area contributed by atoms with Crippen LogP contribution in [0, 0.1) is 5.82 Å². The van der Waals surface area contributed by atoms with Crippen LogP contribution in [-0.2, 0) is 21.5 Å². The molecule has 0 saturated heterocycles. The Hall–Kier alpha value is -4.57. The number of esters is 1. The fraction of sp³-hybridized carbons (Fsp3) is 0.125. The molecule has 0 unspecified atom stereocenters. The van der Waals surface area contributed by atoms with Crippen LogP contribution in [0.1, 0.15) is 22.3 Å². The lowest BCUT2D eigenvalue weighted by molar-refractivity contribution is -0.143. The smallest absolute Gasteiger partial charge is 0.510 e. The molecule has 0 aliphatic heterocycles. The number of carbonyl (C=O) groups is 1. The van der Waals surface area contributed by atoms with Gasteiger partial charge in [0.1, 0.15) is 23.1 Å². The van der Waals surface area contributed by atoms with Gasteiger partial charge in [0.2, 0.25) is 0 Å². The van der Waals surface area contributed by atoms with Gasteiger partial charge in [-0.05, 0) is 40.8 Å². The van der Waals surface area contributed by atoms with Crippen LogP contribution >= 0.6 is 0 Å². The summed E-state index contributed by atoms with van der Waals surface area (Å²) in [6, 6.07) is 33.0. The number of rotatable bonds is 10. The summed E-state index contributed by atoms with van der Waals surface area (Å²) in [5, 5.41) is 22.7. The number of aromatic nitrogens is 1. The predicted octanol–water partition coefficient (Wildman–Crippen LogP) is 4.39. The van der Waals surface area contributed by atoms with Crippen LogP contribution in [-0.4, -0.2) is 41.5 Å². The van der Waals surface area contributed by atoms with Crippen molar-refractivity contribution in [3.63, 3.8) is 0 Å². The van der Waals surface area contributed by atoms with Gasteiger partial charge < -0.3 is 19.4 Å². The van der Waals surface area contributed by atoms with Crippen LogP contribution in [0.15, 0.2) is 115 Å². The largest absolute Gasteiger partial charge is 0.707 e. The predicted molar refractivity (Wildman–Crippen MR) is 154 cm³/mol. The lowest BCUT2D eigenvalue weighted by atomic mass is 9.76. The zero-order valence-corrected chi connectivity index (χ0v) is 22.3. The highest BCUT2D eigenvalue weighted by atomic mass is 19.1. The van der Waals surface area contributed by atoms with Crippen molar-refractivity contribution in [2.75, 3.05) is 7.11 Å². The van der Waals surface area contributed by atoms with Gasteiger partial charge in [-0.3, -0.25) is 10.1 Å². The van der Waals surface area contributed by atoms with Crippen LogP contribution in [0.25, 0.3) is 10.9 Å². The van der Waals surface area contributed by atoms with Crippen LogP contribution in [0.5, 0.6) is 5.75 Å². The van der Waals surface area contributed by atoms with Crippen molar-refractivity contribution >= 4 is 24.2 Å². The monoisotopic (exact) mass is 550 g/mol. The molecular weight excluding hydrogens is 522 g/mol. The van der Waals surface area contributed by atoms with Crippen molar-refractivity contribution in [2.45, 2.75) is 18.0 Å². The molecule has 5 aromatic rings. The Morgan fingerprint density at radius 3 is 1.93 bits per heavy atom. The van der Waals surface area contributed by atoms with E-state index in [2.05, 4.69) is 10.3 Å². The van der Waals surface area contributed by atoms with Crippen LogP contribution in [0.4, 0.5) is 4.39 Å². The van der Waals surface area contributed by atoms with Crippen molar-refractivity contribution in [1.82, 2.24) is 10.3 Å². The van der Waals surface area contributed by atoms with E-state index in [0.717, 1.165) is 22.9 Å². The molecule has 9 heteroatoms. The van der Waals surface area contributed by atoms with E-state index in [0.29, 0.717) is 10.9 Å². The topological polar surface area (TPSA) is 101 Å². The zero-order chi connectivity index (χ0) is 28.8. The van der Waals surface area contributed by atoms with E-state index >= 15 is 0 Å². The van der Waals surface area contributed by atoms with Crippen LogP contribution in [0.2, 0.25) is 0 Å². The summed E-state index contributed by atoms with van der Waals surface area (Å²) in [5.74, 6) is -1.04. The van der Waals surface area contributed by atoms with Gasteiger partial charge in [-0.15, -0.1) is 0 Å². The Balaban J connectivity index is 1.68. The van der Waals surface area contributed by atoms with Gasteiger partial charge >= 0.3 is 13.3 Å². The number of carbonyl (C=O) groups excluding carboxylic acids is 1. The quantitative estimate of drug-likeness (QED) is 0.135. The number of methoxy groups -OCH3 is 1. The standard InChI is InChI=1S/C32H28BFN2O5/c1-40-31(37)28(19-22-17-18-29(41-33(38)39)30-27(22)20-26(34)21-35-30)36-32(23-11-5-2-6-12-23,24-13-7-3-8-14-24)25-15-9-4-10-16-25/h2-18,20-21,28,36,38-39H,19H2,1H3/t28-/m0/s1. The number of hydrogen-bond acceptors (Lipinski definition) is 7. The number of nitrogens with zero attached hydrogens (tertiary/aromatic N) is 1. The van der Waals surface area contributed by atoms with Crippen LogP contribution in [0.3, 0.4) is 0 Å². The maximum Gasteiger partial charge on any atom is 0.707 e. The van der Waals surface area contributed by atoms with E-state index in [1.54, 1.807) is 6.07 Å². The fourth-order valence-electron chi connectivity index (χ4n) is 5.24. The van der Waals surface area contributed by atoms with E-state index in [1.807, 2.05) is 91.0 Å². The van der Waals surface area contributed by atoms with Crippen LogP contribution < -0.4 is 9.97 Å². The molecule has 0 aliphatic rings. The fourth-order valence-corrected chi connectivity index (χ4v) is 5.24. The summed E-state index contributed by atoms with van der Waals surface area (Å²) in [7, 11) is -0.755. The molecule has 1 atom stereocenters. The van der Waals surface area contributed by atoms with Crippen molar-refractivity contribution in [2.24, 2.45) is 0 Å².